The van der Waals surface area contributed by atoms with E-state index in [2.05, 4.69) is 12.1 Å². The van der Waals surface area contributed by atoms with Gasteiger partial charge in [0.25, 0.3) is 0 Å². The van der Waals surface area contributed by atoms with Crippen LogP contribution in [0.1, 0.15) is 24.0 Å². The number of hydrogen-bond acceptors (Lipinski definition) is 2. The standard InChI is InChI=1S/C13H13NO/c14-13-6-5-9-3-1-2-4-11(9)12(13)7-10(15)8-13/h1-4,7H,5-6,8,14H2/t13-/m0/s1. The van der Waals surface area contributed by atoms with Gasteiger partial charge in [0.2, 0.25) is 0 Å². The largest absolute Gasteiger partial charge is 0.321 e. The van der Waals surface area contributed by atoms with E-state index in [0.717, 1.165) is 18.4 Å². The highest BCUT2D eigenvalue weighted by atomic mass is 16.1. The lowest BCUT2D eigenvalue weighted by Gasteiger charge is -2.33. The Morgan fingerprint density at radius 1 is 1.27 bits per heavy atom. The Balaban J connectivity index is 2.21. The van der Waals surface area contributed by atoms with Gasteiger partial charge in [-0.1, -0.05) is 24.3 Å². The topological polar surface area (TPSA) is 43.1 Å². The number of ketones is 1. The fourth-order valence-corrected chi connectivity index (χ4v) is 2.69. The molecule has 1 aromatic rings. The second-order valence-corrected chi connectivity index (χ2v) is 4.51. The highest BCUT2D eigenvalue weighted by molar-refractivity contribution is 6.06. The Labute approximate surface area is 88.8 Å². The van der Waals surface area contributed by atoms with Crippen molar-refractivity contribution < 1.29 is 4.79 Å². The number of fused-ring (bicyclic) bond motifs is 3. The first-order valence-electron chi connectivity index (χ1n) is 5.31. The van der Waals surface area contributed by atoms with Crippen LogP contribution < -0.4 is 5.73 Å². The summed E-state index contributed by atoms with van der Waals surface area (Å²) in [6.45, 7) is 0. The van der Waals surface area contributed by atoms with Crippen LogP contribution in [0.5, 0.6) is 0 Å². The van der Waals surface area contributed by atoms with Gasteiger partial charge in [0.1, 0.15) is 0 Å². The predicted octanol–water partition coefficient (Wildman–Crippen LogP) is 1.69. The molecule has 2 N–H and O–H groups in total. The minimum Gasteiger partial charge on any atom is -0.321 e. The lowest BCUT2D eigenvalue weighted by atomic mass is 9.76. The minimum absolute atomic E-state index is 0.171. The van der Waals surface area contributed by atoms with Crippen LogP contribution in [0.3, 0.4) is 0 Å². The zero-order valence-electron chi connectivity index (χ0n) is 8.49. The smallest absolute Gasteiger partial charge is 0.158 e. The first-order valence-corrected chi connectivity index (χ1v) is 5.31. The van der Waals surface area contributed by atoms with Crippen molar-refractivity contribution in [2.75, 3.05) is 0 Å². The van der Waals surface area contributed by atoms with Gasteiger partial charge in [-0.25, -0.2) is 0 Å². The fraction of sp³-hybridized carbons (Fsp3) is 0.308. The Morgan fingerprint density at radius 2 is 2.07 bits per heavy atom. The quantitative estimate of drug-likeness (QED) is 0.691. The molecule has 0 amide bonds. The maximum absolute atomic E-state index is 11.5. The van der Waals surface area contributed by atoms with E-state index < -0.39 is 0 Å². The van der Waals surface area contributed by atoms with E-state index >= 15 is 0 Å². The van der Waals surface area contributed by atoms with Crippen LogP contribution >= 0.6 is 0 Å². The Morgan fingerprint density at radius 3 is 2.93 bits per heavy atom. The molecule has 2 heteroatoms. The maximum Gasteiger partial charge on any atom is 0.158 e. The van der Waals surface area contributed by atoms with Gasteiger partial charge >= 0.3 is 0 Å². The third-order valence-corrected chi connectivity index (χ3v) is 3.48. The lowest BCUT2D eigenvalue weighted by molar-refractivity contribution is -0.114. The van der Waals surface area contributed by atoms with E-state index in [1.807, 2.05) is 12.1 Å². The van der Waals surface area contributed by atoms with E-state index in [1.165, 1.54) is 11.1 Å². The number of aryl methyl sites for hydroxylation is 1. The molecular formula is C13H13NO. The molecule has 2 aliphatic carbocycles. The minimum atomic E-state index is -0.383. The number of nitrogens with two attached hydrogens (primary N) is 1. The van der Waals surface area contributed by atoms with Crippen LogP contribution in [0.2, 0.25) is 0 Å². The molecule has 76 valence electrons. The Bertz CT molecular complexity index is 475. The number of rotatable bonds is 0. The summed E-state index contributed by atoms with van der Waals surface area (Å²) in [5, 5.41) is 0. The van der Waals surface area contributed by atoms with Crippen LogP contribution in [0, 0.1) is 0 Å². The van der Waals surface area contributed by atoms with Crippen molar-refractivity contribution in [1.82, 2.24) is 0 Å². The van der Waals surface area contributed by atoms with Crippen molar-refractivity contribution in [2.24, 2.45) is 5.73 Å². The van der Waals surface area contributed by atoms with Crippen molar-refractivity contribution in [1.29, 1.82) is 0 Å². The van der Waals surface area contributed by atoms with Gasteiger partial charge in [0.15, 0.2) is 5.78 Å². The molecule has 0 spiro atoms. The highest BCUT2D eigenvalue weighted by Crippen LogP contribution is 2.42. The number of carbonyl (C=O) groups is 1. The molecule has 2 nitrogen and oxygen atoms in total. The number of carbonyl (C=O) groups excluding carboxylic acids is 1. The molecule has 0 saturated heterocycles. The molecule has 0 fully saturated rings. The number of allylic oxidation sites excluding steroid dienone is 1. The first-order chi connectivity index (χ1) is 7.19. The van der Waals surface area contributed by atoms with Crippen LogP contribution in [-0.2, 0) is 11.2 Å². The zero-order chi connectivity index (χ0) is 10.5. The predicted molar refractivity (Wildman–Crippen MR) is 59.3 cm³/mol. The molecule has 0 saturated carbocycles. The van der Waals surface area contributed by atoms with Crippen molar-refractivity contribution >= 4 is 11.4 Å². The normalized spacial score (nSPS) is 28.3. The van der Waals surface area contributed by atoms with Gasteiger partial charge in [-0.15, -0.1) is 0 Å². The molecule has 1 atom stereocenters. The van der Waals surface area contributed by atoms with Crippen molar-refractivity contribution in [3.63, 3.8) is 0 Å². The van der Waals surface area contributed by atoms with Crippen molar-refractivity contribution in [3.8, 4) is 0 Å². The summed E-state index contributed by atoms with van der Waals surface area (Å²) in [5.41, 5.74) is 9.44. The maximum atomic E-state index is 11.5. The van der Waals surface area contributed by atoms with E-state index in [4.69, 9.17) is 5.73 Å². The summed E-state index contributed by atoms with van der Waals surface area (Å²) in [5.74, 6) is 0.171. The average Bonchev–Trinajstić information content (AvgIpc) is 2.53. The first kappa shape index (κ1) is 8.86. The molecule has 2 aliphatic rings. The summed E-state index contributed by atoms with van der Waals surface area (Å²) in [6.07, 6.45) is 4.09. The third-order valence-electron chi connectivity index (χ3n) is 3.48. The summed E-state index contributed by atoms with van der Waals surface area (Å²) in [6, 6.07) is 8.24. The molecule has 1 aromatic carbocycles. The van der Waals surface area contributed by atoms with E-state index in [-0.39, 0.29) is 11.3 Å². The second kappa shape index (κ2) is 2.80. The Hall–Kier alpha value is -1.41. The second-order valence-electron chi connectivity index (χ2n) is 4.51. The van der Waals surface area contributed by atoms with Gasteiger partial charge in [0.05, 0.1) is 0 Å². The monoisotopic (exact) mass is 199 g/mol. The third kappa shape index (κ3) is 1.18. The summed E-state index contributed by atoms with van der Waals surface area (Å²) < 4.78 is 0. The van der Waals surface area contributed by atoms with Crippen LogP contribution in [0.4, 0.5) is 0 Å². The van der Waals surface area contributed by atoms with Gasteiger partial charge in [-0.05, 0) is 35.6 Å². The van der Waals surface area contributed by atoms with Gasteiger partial charge in [0, 0.05) is 12.0 Å². The molecule has 0 aromatic heterocycles. The van der Waals surface area contributed by atoms with Gasteiger partial charge < -0.3 is 5.73 Å². The summed E-state index contributed by atoms with van der Waals surface area (Å²) >= 11 is 0. The van der Waals surface area contributed by atoms with E-state index in [1.54, 1.807) is 6.08 Å². The van der Waals surface area contributed by atoms with Gasteiger partial charge in [-0.2, -0.15) is 0 Å². The molecule has 3 rings (SSSR count). The molecule has 0 aliphatic heterocycles. The molecule has 15 heavy (non-hydrogen) atoms. The van der Waals surface area contributed by atoms with Crippen molar-refractivity contribution in [3.05, 3.63) is 41.5 Å². The molecule has 0 heterocycles. The number of hydrogen-bond donors (Lipinski definition) is 1. The number of benzene rings is 1. The molecular weight excluding hydrogens is 186 g/mol. The summed E-state index contributed by atoms with van der Waals surface area (Å²) in [7, 11) is 0. The SMILES string of the molecule is N[C@]12CCc3ccccc3C1=CC(=O)C2. The van der Waals surface area contributed by atoms with Crippen LogP contribution in [0.15, 0.2) is 30.3 Å². The highest BCUT2D eigenvalue weighted by Gasteiger charge is 2.40. The van der Waals surface area contributed by atoms with Gasteiger partial charge in [-0.3, -0.25) is 4.79 Å². The average molecular weight is 199 g/mol. The van der Waals surface area contributed by atoms with Crippen molar-refractivity contribution in [2.45, 2.75) is 24.8 Å². The van der Waals surface area contributed by atoms with E-state index in [9.17, 15) is 4.79 Å². The molecule has 0 bridgehead atoms. The molecule has 0 radical (unpaired) electrons. The molecule has 0 unspecified atom stereocenters. The lowest BCUT2D eigenvalue weighted by Crippen LogP contribution is -2.42. The van der Waals surface area contributed by atoms with Crippen LogP contribution in [0.25, 0.3) is 5.57 Å². The zero-order valence-corrected chi connectivity index (χ0v) is 8.49. The van der Waals surface area contributed by atoms with E-state index in [0.29, 0.717) is 6.42 Å². The fourth-order valence-electron chi connectivity index (χ4n) is 2.69. The summed E-state index contributed by atoms with van der Waals surface area (Å²) in [4.78, 5) is 11.5. The Kier molecular flexibility index (Phi) is 1.65. The van der Waals surface area contributed by atoms with Crippen LogP contribution in [-0.4, -0.2) is 11.3 Å².